The van der Waals surface area contributed by atoms with Gasteiger partial charge in [-0.2, -0.15) is 0 Å². The summed E-state index contributed by atoms with van der Waals surface area (Å²) in [7, 11) is -0.170. The lowest BCUT2D eigenvalue weighted by atomic mass is 10.2. The standard InChI is InChI=1S/C19H28N4O5S/c1-5-23(11-10-16-14-18(24)22(3)19(25)21(16)2)12-13-28-17-8-6-15(7-9-17)20-29(4,26)27/h6-9,14,20H,5,10-13H2,1-4H3. The number of anilines is 1. The molecule has 0 saturated heterocycles. The van der Waals surface area contributed by atoms with Crippen molar-refractivity contribution in [1.29, 1.82) is 0 Å². The van der Waals surface area contributed by atoms with E-state index in [0.29, 0.717) is 43.2 Å². The molecular weight excluding hydrogens is 396 g/mol. The Balaban J connectivity index is 1.87. The second-order valence-corrected chi connectivity index (χ2v) is 8.55. The molecule has 1 aromatic heterocycles. The fourth-order valence-electron chi connectivity index (χ4n) is 2.84. The van der Waals surface area contributed by atoms with Crippen LogP contribution in [0.15, 0.2) is 39.9 Å². The van der Waals surface area contributed by atoms with Gasteiger partial charge in [0.25, 0.3) is 5.56 Å². The number of sulfonamides is 1. The van der Waals surface area contributed by atoms with Crippen molar-refractivity contribution in [2.45, 2.75) is 13.3 Å². The average molecular weight is 425 g/mol. The van der Waals surface area contributed by atoms with Crippen LogP contribution in [0.2, 0.25) is 0 Å². The summed E-state index contributed by atoms with van der Waals surface area (Å²) in [6.07, 6.45) is 1.68. The van der Waals surface area contributed by atoms with Gasteiger partial charge in [0, 0.05) is 51.1 Å². The molecule has 2 rings (SSSR count). The van der Waals surface area contributed by atoms with E-state index < -0.39 is 10.0 Å². The van der Waals surface area contributed by atoms with Crippen LogP contribution in [-0.4, -0.2) is 54.9 Å². The van der Waals surface area contributed by atoms with Crippen LogP contribution < -0.4 is 20.7 Å². The van der Waals surface area contributed by atoms with Crippen molar-refractivity contribution in [3.05, 3.63) is 56.9 Å². The lowest BCUT2D eigenvalue weighted by Crippen LogP contribution is -2.39. The highest BCUT2D eigenvalue weighted by atomic mass is 32.2. The summed E-state index contributed by atoms with van der Waals surface area (Å²) in [5.41, 5.74) is 0.553. The molecule has 9 nitrogen and oxygen atoms in total. The Bertz CT molecular complexity index is 1040. The van der Waals surface area contributed by atoms with E-state index >= 15 is 0 Å². The molecule has 0 fully saturated rings. The predicted octanol–water partition coefficient (Wildman–Crippen LogP) is 0.399. The van der Waals surface area contributed by atoms with E-state index in [1.54, 1.807) is 31.3 Å². The van der Waals surface area contributed by atoms with E-state index in [0.717, 1.165) is 17.4 Å². The third-order valence-corrected chi connectivity index (χ3v) is 5.20. The number of rotatable bonds is 10. The monoisotopic (exact) mass is 424 g/mol. The second-order valence-electron chi connectivity index (χ2n) is 6.81. The summed E-state index contributed by atoms with van der Waals surface area (Å²) < 4.78 is 33.2. The number of aromatic nitrogens is 2. The minimum absolute atomic E-state index is 0.303. The maximum Gasteiger partial charge on any atom is 0.330 e. The normalized spacial score (nSPS) is 11.6. The molecule has 0 amide bonds. The van der Waals surface area contributed by atoms with E-state index in [9.17, 15) is 18.0 Å². The Morgan fingerprint density at radius 3 is 2.31 bits per heavy atom. The number of nitrogens with one attached hydrogen (secondary N) is 1. The number of hydrogen-bond acceptors (Lipinski definition) is 6. The molecule has 10 heteroatoms. The molecule has 0 bridgehead atoms. The van der Waals surface area contributed by atoms with Crippen molar-refractivity contribution >= 4 is 15.7 Å². The highest BCUT2D eigenvalue weighted by Gasteiger charge is 2.09. The molecule has 0 aliphatic rings. The SMILES string of the molecule is CCN(CCOc1ccc(NS(C)(=O)=O)cc1)CCc1cc(=O)n(C)c(=O)n1C. The number of benzene rings is 1. The summed E-state index contributed by atoms with van der Waals surface area (Å²) in [6, 6.07) is 8.20. The van der Waals surface area contributed by atoms with Gasteiger partial charge in [-0.1, -0.05) is 6.92 Å². The third kappa shape index (κ3) is 6.75. The molecule has 0 aliphatic heterocycles. The minimum atomic E-state index is -3.30. The molecule has 2 aromatic rings. The van der Waals surface area contributed by atoms with Crippen molar-refractivity contribution in [3.8, 4) is 5.75 Å². The highest BCUT2D eigenvalue weighted by molar-refractivity contribution is 7.92. The fraction of sp³-hybridized carbons (Fsp3) is 0.474. The molecule has 0 atom stereocenters. The van der Waals surface area contributed by atoms with Crippen molar-refractivity contribution in [2.75, 3.05) is 37.2 Å². The molecular formula is C19H28N4O5S. The van der Waals surface area contributed by atoms with Crippen molar-refractivity contribution in [3.63, 3.8) is 0 Å². The topological polar surface area (TPSA) is 103 Å². The molecule has 160 valence electrons. The number of likely N-dealkylation sites (N-methyl/N-ethyl adjacent to an activating group) is 1. The largest absolute Gasteiger partial charge is 0.492 e. The zero-order valence-electron chi connectivity index (χ0n) is 17.2. The molecule has 1 aromatic carbocycles. The molecule has 0 aliphatic carbocycles. The van der Waals surface area contributed by atoms with E-state index in [-0.39, 0.29) is 11.2 Å². The van der Waals surface area contributed by atoms with Gasteiger partial charge in [0.05, 0.1) is 6.26 Å². The molecule has 0 radical (unpaired) electrons. The van der Waals surface area contributed by atoms with Crippen molar-refractivity contribution in [1.82, 2.24) is 14.0 Å². The zero-order chi connectivity index (χ0) is 21.6. The van der Waals surface area contributed by atoms with Crippen LogP contribution in [0.5, 0.6) is 5.75 Å². The van der Waals surface area contributed by atoms with Gasteiger partial charge in [-0.05, 0) is 30.8 Å². The van der Waals surface area contributed by atoms with Gasteiger partial charge in [-0.15, -0.1) is 0 Å². The fourth-order valence-corrected chi connectivity index (χ4v) is 3.41. The van der Waals surface area contributed by atoms with Crippen molar-refractivity contribution in [2.24, 2.45) is 14.1 Å². The molecule has 1 N–H and O–H groups in total. The summed E-state index contributed by atoms with van der Waals surface area (Å²) >= 11 is 0. The average Bonchev–Trinajstić information content (AvgIpc) is 2.66. The highest BCUT2D eigenvalue weighted by Crippen LogP contribution is 2.16. The van der Waals surface area contributed by atoms with Crippen LogP contribution >= 0.6 is 0 Å². The lowest BCUT2D eigenvalue weighted by molar-refractivity contribution is 0.216. The van der Waals surface area contributed by atoms with Crippen LogP contribution in [0, 0.1) is 0 Å². The summed E-state index contributed by atoms with van der Waals surface area (Å²) in [5, 5.41) is 0. The first-order chi connectivity index (χ1) is 13.6. The van der Waals surface area contributed by atoms with Crippen LogP contribution in [0.4, 0.5) is 5.69 Å². The first kappa shape index (κ1) is 22.7. The van der Waals surface area contributed by atoms with Gasteiger partial charge in [0.1, 0.15) is 12.4 Å². The zero-order valence-corrected chi connectivity index (χ0v) is 18.0. The van der Waals surface area contributed by atoms with Gasteiger partial charge in [0.2, 0.25) is 10.0 Å². The molecule has 1 heterocycles. The Hall–Kier alpha value is -2.59. The quantitative estimate of drug-likeness (QED) is 0.592. The summed E-state index contributed by atoms with van der Waals surface area (Å²) in [4.78, 5) is 26.0. The number of ether oxygens (including phenoxy) is 1. The van der Waals surface area contributed by atoms with Gasteiger partial charge >= 0.3 is 5.69 Å². The first-order valence-corrected chi connectivity index (χ1v) is 11.2. The lowest BCUT2D eigenvalue weighted by Gasteiger charge is -2.21. The van der Waals surface area contributed by atoms with Gasteiger partial charge < -0.3 is 9.30 Å². The third-order valence-electron chi connectivity index (χ3n) is 4.59. The van der Waals surface area contributed by atoms with Crippen molar-refractivity contribution < 1.29 is 13.2 Å². The Kier molecular flexibility index (Phi) is 7.63. The van der Waals surface area contributed by atoms with Gasteiger partial charge in [0.15, 0.2) is 0 Å². The van der Waals surface area contributed by atoms with Crippen LogP contribution in [-0.2, 0) is 30.5 Å². The minimum Gasteiger partial charge on any atom is -0.492 e. The maximum absolute atomic E-state index is 12.0. The first-order valence-electron chi connectivity index (χ1n) is 9.29. The Morgan fingerprint density at radius 2 is 1.72 bits per heavy atom. The smallest absolute Gasteiger partial charge is 0.330 e. The second kappa shape index (κ2) is 9.75. The number of hydrogen-bond donors (Lipinski definition) is 1. The Morgan fingerprint density at radius 1 is 1.07 bits per heavy atom. The summed E-state index contributed by atoms with van der Waals surface area (Å²) in [5.74, 6) is 0.647. The molecule has 0 unspecified atom stereocenters. The van der Waals surface area contributed by atoms with Gasteiger partial charge in [-0.3, -0.25) is 19.0 Å². The Labute approximate surface area is 170 Å². The van der Waals surface area contributed by atoms with E-state index in [1.165, 1.54) is 17.7 Å². The summed E-state index contributed by atoms with van der Waals surface area (Å²) in [6.45, 7) is 4.67. The molecule has 0 spiro atoms. The van der Waals surface area contributed by atoms with Crippen LogP contribution in [0.3, 0.4) is 0 Å². The van der Waals surface area contributed by atoms with E-state index in [1.807, 2.05) is 6.92 Å². The maximum atomic E-state index is 12.0. The predicted molar refractivity (Wildman–Crippen MR) is 113 cm³/mol. The van der Waals surface area contributed by atoms with Crippen LogP contribution in [0.25, 0.3) is 0 Å². The number of nitrogens with zero attached hydrogens (tertiary/aromatic N) is 3. The van der Waals surface area contributed by atoms with Crippen LogP contribution in [0.1, 0.15) is 12.6 Å². The van der Waals surface area contributed by atoms with E-state index in [2.05, 4.69) is 9.62 Å². The molecule has 0 saturated carbocycles. The van der Waals surface area contributed by atoms with E-state index in [4.69, 9.17) is 4.74 Å². The van der Waals surface area contributed by atoms with Gasteiger partial charge in [-0.25, -0.2) is 13.2 Å². The molecule has 29 heavy (non-hydrogen) atoms.